The van der Waals surface area contributed by atoms with Crippen molar-refractivity contribution in [2.24, 2.45) is 5.73 Å². The number of ether oxygens (including phenoxy) is 2. The molecule has 1 amide bonds. The Bertz CT molecular complexity index is 448. The summed E-state index contributed by atoms with van der Waals surface area (Å²) in [6, 6.07) is 4.99. The Balaban J connectivity index is 2.34. The molecule has 1 aromatic carbocycles. The van der Waals surface area contributed by atoms with Crippen LogP contribution in [0.5, 0.6) is 11.5 Å². The number of carbonyl (C=O) groups is 1. The molecule has 1 aliphatic rings. The maximum absolute atomic E-state index is 12.1. The Hall–Kier alpha value is -1.75. The zero-order valence-corrected chi connectivity index (χ0v) is 10.7. The van der Waals surface area contributed by atoms with E-state index in [9.17, 15) is 4.79 Å². The van der Waals surface area contributed by atoms with Crippen LogP contribution < -0.4 is 20.1 Å². The van der Waals surface area contributed by atoms with E-state index in [0.717, 1.165) is 18.5 Å². The second-order valence-corrected chi connectivity index (χ2v) is 4.28. The largest absolute Gasteiger partial charge is 0.497 e. The predicted octanol–water partition coefficient (Wildman–Crippen LogP) is 1.16. The second-order valence-electron chi connectivity index (χ2n) is 4.28. The van der Waals surface area contributed by atoms with Crippen molar-refractivity contribution in [1.82, 2.24) is 0 Å². The zero-order chi connectivity index (χ0) is 13.1. The van der Waals surface area contributed by atoms with Crippen LogP contribution in [-0.2, 0) is 4.79 Å². The molecule has 1 heterocycles. The normalized spacial score (nSPS) is 19.8. The number of amides is 1. The summed E-state index contributed by atoms with van der Waals surface area (Å²) in [6.45, 7) is 0.676. The van der Waals surface area contributed by atoms with Gasteiger partial charge >= 0.3 is 0 Å². The average Bonchev–Trinajstić information content (AvgIpc) is 2.41. The number of hydrogen-bond donors (Lipinski definition) is 1. The first-order valence-corrected chi connectivity index (χ1v) is 5.96. The van der Waals surface area contributed by atoms with E-state index in [-0.39, 0.29) is 5.91 Å². The number of nitrogens with two attached hydrogens (primary N) is 1. The molecule has 1 atom stereocenters. The molecule has 5 heteroatoms. The Morgan fingerprint density at radius 2 is 2.11 bits per heavy atom. The molecule has 18 heavy (non-hydrogen) atoms. The number of methoxy groups -OCH3 is 2. The minimum absolute atomic E-state index is 0.0512. The van der Waals surface area contributed by atoms with Crippen molar-refractivity contribution >= 4 is 11.6 Å². The van der Waals surface area contributed by atoms with E-state index < -0.39 is 6.04 Å². The summed E-state index contributed by atoms with van der Waals surface area (Å²) >= 11 is 0. The molecule has 1 aromatic rings. The molecule has 5 nitrogen and oxygen atoms in total. The van der Waals surface area contributed by atoms with Gasteiger partial charge in [-0.1, -0.05) is 0 Å². The van der Waals surface area contributed by atoms with Gasteiger partial charge < -0.3 is 20.1 Å². The topological polar surface area (TPSA) is 64.8 Å². The summed E-state index contributed by atoms with van der Waals surface area (Å²) in [5.41, 5.74) is 6.55. The molecule has 1 aliphatic heterocycles. The van der Waals surface area contributed by atoms with Crippen LogP contribution in [0.4, 0.5) is 5.69 Å². The molecule has 1 unspecified atom stereocenters. The van der Waals surface area contributed by atoms with Crippen LogP contribution >= 0.6 is 0 Å². The molecule has 1 fully saturated rings. The van der Waals surface area contributed by atoms with E-state index in [1.165, 1.54) is 0 Å². The van der Waals surface area contributed by atoms with Crippen LogP contribution in [-0.4, -0.2) is 32.7 Å². The highest BCUT2D eigenvalue weighted by Crippen LogP contribution is 2.33. The molecular formula is C13H18N2O3. The lowest BCUT2D eigenvalue weighted by atomic mass is 10.0. The van der Waals surface area contributed by atoms with Gasteiger partial charge in [-0.25, -0.2) is 0 Å². The summed E-state index contributed by atoms with van der Waals surface area (Å²) in [5.74, 6) is 1.27. The first-order chi connectivity index (χ1) is 8.67. The lowest BCUT2D eigenvalue weighted by molar-refractivity contribution is -0.120. The summed E-state index contributed by atoms with van der Waals surface area (Å²) in [5, 5.41) is 0. The van der Waals surface area contributed by atoms with Crippen molar-refractivity contribution < 1.29 is 14.3 Å². The van der Waals surface area contributed by atoms with Crippen LogP contribution in [0.15, 0.2) is 18.2 Å². The fraction of sp³-hybridized carbons (Fsp3) is 0.462. The molecule has 0 bridgehead atoms. The quantitative estimate of drug-likeness (QED) is 0.874. The lowest BCUT2D eigenvalue weighted by Crippen LogP contribution is -2.48. The molecule has 0 aromatic heterocycles. The molecule has 0 aliphatic carbocycles. The Kier molecular flexibility index (Phi) is 3.72. The van der Waals surface area contributed by atoms with E-state index in [0.29, 0.717) is 18.0 Å². The third-order valence-electron chi connectivity index (χ3n) is 3.16. The third kappa shape index (κ3) is 2.26. The van der Waals surface area contributed by atoms with Crippen molar-refractivity contribution in [3.05, 3.63) is 18.2 Å². The number of piperidine rings is 1. The third-order valence-corrected chi connectivity index (χ3v) is 3.16. The summed E-state index contributed by atoms with van der Waals surface area (Å²) < 4.78 is 10.4. The van der Waals surface area contributed by atoms with Gasteiger partial charge in [0.2, 0.25) is 5.91 Å². The number of anilines is 1. The number of carbonyl (C=O) groups excluding carboxylic acids is 1. The summed E-state index contributed by atoms with van der Waals surface area (Å²) in [6.07, 6.45) is 1.65. The number of rotatable bonds is 3. The van der Waals surface area contributed by atoms with Gasteiger partial charge in [-0.2, -0.15) is 0 Å². The molecule has 1 saturated heterocycles. The highest BCUT2D eigenvalue weighted by Gasteiger charge is 2.28. The van der Waals surface area contributed by atoms with Crippen LogP contribution in [0.3, 0.4) is 0 Å². The molecule has 98 valence electrons. The second kappa shape index (κ2) is 5.27. The monoisotopic (exact) mass is 250 g/mol. The molecule has 2 rings (SSSR count). The first kappa shape index (κ1) is 12.7. The predicted molar refractivity (Wildman–Crippen MR) is 69.1 cm³/mol. The maximum Gasteiger partial charge on any atom is 0.244 e. The smallest absolute Gasteiger partial charge is 0.244 e. The summed E-state index contributed by atoms with van der Waals surface area (Å²) in [7, 11) is 3.17. The Morgan fingerprint density at radius 1 is 1.33 bits per heavy atom. The zero-order valence-electron chi connectivity index (χ0n) is 10.7. The standard InChI is InChI=1S/C13H18N2O3/c1-17-9-5-6-11(12(8-9)18-2)15-7-3-4-10(14)13(15)16/h5-6,8,10H,3-4,7,14H2,1-2H3. The van der Waals surface area contributed by atoms with Gasteiger partial charge in [0.25, 0.3) is 0 Å². The van der Waals surface area contributed by atoms with Gasteiger partial charge in [0.15, 0.2) is 0 Å². The van der Waals surface area contributed by atoms with Crippen molar-refractivity contribution in [3.8, 4) is 11.5 Å². The van der Waals surface area contributed by atoms with E-state index in [2.05, 4.69) is 0 Å². The van der Waals surface area contributed by atoms with Gasteiger partial charge in [0.1, 0.15) is 11.5 Å². The van der Waals surface area contributed by atoms with E-state index in [1.54, 1.807) is 25.2 Å². The van der Waals surface area contributed by atoms with E-state index >= 15 is 0 Å². The minimum Gasteiger partial charge on any atom is -0.497 e. The van der Waals surface area contributed by atoms with Crippen molar-refractivity contribution in [2.45, 2.75) is 18.9 Å². The molecule has 0 radical (unpaired) electrons. The number of hydrogen-bond acceptors (Lipinski definition) is 4. The summed E-state index contributed by atoms with van der Waals surface area (Å²) in [4.78, 5) is 13.7. The number of nitrogens with zero attached hydrogens (tertiary/aromatic N) is 1. The molecular weight excluding hydrogens is 232 g/mol. The molecule has 2 N–H and O–H groups in total. The highest BCUT2D eigenvalue weighted by atomic mass is 16.5. The Labute approximate surface area is 106 Å². The maximum atomic E-state index is 12.1. The van der Waals surface area contributed by atoms with Gasteiger partial charge in [-0.05, 0) is 25.0 Å². The van der Waals surface area contributed by atoms with Crippen molar-refractivity contribution in [3.63, 3.8) is 0 Å². The Morgan fingerprint density at radius 3 is 2.78 bits per heavy atom. The van der Waals surface area contributed by atoms with Gasteiger partial charge in [0.05, 0.1) is 25.9 Å². The van der Waals surface area contributed by atoms with Crippen molar-refractivity contribution in [2.75, 3.05) is 25.7 Å². The minimum atomic E-state index is -0.412. The van der Waals surface area contributed by atoms with Gasteiger partial charge in [-0.3, -0.25) is 4.79 Å². The van der Waals surface area contributed by atoms with E-state index in [4.69, 9.17) is 15.2 Å². The number of benzene rings is 1. The van der Waals surface area contributed by atoms with Crippen LogP contribution in [0.25, 0.3) is 0 Å². The van der Waals surface area contributed by atoms with Crippen molar-refractivity contribution in [1.29, 1.82) is 0 Å². The van der Waals surface area contributed by atoms with Crippen LogP contribution in [0, 0.1) is 0 Å². The lowest BCUT2D eigenvalue weighted by Gasteiger charge is -2.31. The average molecular weight is 250 g/mol. The van der Waals surface area contributed by atoms with Gasteiger partial charge in [-0.15, -0.1) is 0 Å². The molecule has 0 saturated carbocycles. The SMILES string of the molecule is COc1ccc(N2CCCC(N)C2=O)c(OC)c1. The first-order valence-electron chi connectivity index (χ1n) is 5.96. The van der Waals surface area contributed by atoms with E-state index in [1.807, 2.05) is 12.1 Å². The molecule has 0 spiro atoms. The van der Waals surface area contributed by atoms with Crippen LogP contribution in [0.1, 0.15) is 12.8 Å². The highest BCUT2D eigenvalue weighted by molar-refractivity contribution is 5.99. The van der Waals surface area contributed by atoms with Gasteiger partial charge in [0, 0.05) is 12.6 Å². The van der Waals surface area contributed by atoms with Crippen LogP contribution in [0.2, 0.25) is 0 Å². The fourth-order valence-corrected chi connectivity index (χ4v) is 2.15. The fourth-order valence-electron chi connectivity index (χ4n) is 2.15.